The first-order chi connectivity index (χ1) is 14.1. The number of ether oxygens (including phenoxy) is 2. The van der Waals surface area contributed by atoms with E-state index in [-0.39, 0.29) is 29.5 Å². The quantitative estimate of drug-likeness (QED) is 0.493. The Morgan fingerprint density at radius 1 is 1.00 bits per heavy atom. The molecule has 2 fully saturated rings. The Bertz CT molecular complexity index is 855. The monoisotopic (exact) mass is 404 g/mol. The lowest BCUT2D eigenvalue weighted by molar-refractivity contribution is 0.192. The van der Waals surface area contributed by atoms with Crippen molar-refractivity contribution in [2.45, 2.75) is 57.5 Å². The fraction of sp³-hybridized carbons (Fsp3) is 0.500. The molecule has 0 amide bonds. The van der Waals surface area contributed by atoms with E-state index in [0.29, 0.717) is 25.2 Å². The van der Waals surface area contributed by atoms with Gasteiger partial charge in [-0.2, -0.15) is 4.39 Å². The van der Waals surface area contributed by atoms with Gasteiger partial charge in [-0.3, -0.25) is 0 Å². The average Bonchev–Trinajstić information content (AvgIpc) is 3.57. The average molecular weight is 404 g/mol. The summed E-state index contributed by atoms with van der Waals surface area (Å²) in [5, 5.41) is 0. The van der Waals surface area contributed by atoms with Gasteiger partial charge < -0.3 is 9.47 Å². The van der Waals surface area contributed by atoms with Crippen LogP contribution in [0.4, 0.5) is 13.2 Å². The molecule has 2 aromatic rings. The topological polar surface area (TPSA) is 21.8 Å². The van der Waals surface area contributed by atoms with Gasteiger partial charge in [-0.15, -0.1) is 0 Å². The van der Waals surface area contributed by atoms with Crippen molar-refractivity contribution in [2.24, 2.45) is 5.92 Å². The Morgan fingerprint density at radius 2 is 1.76 bits per heavy atom. The van der Waals surface area contributed by atoms with E-state index in [2.05, 4.69) is 0 Å². The number of benzene rings is 2. The fourth-order valence-electron chi connectivity index (χ4n) is 4.31. The first-order valence-electron chi connectivity index (χ1n) is 10.6. The Kier molecular flexibility index (Phi) is 6.14. The molecule has 1 saturated heterocycles. The van der Waals surface area contributed by atoms with E-state index < -0.39 is 11.6 Å². The van der Waals surface area contributed by atoms with Gasteiger partial charge in [-0.25, -0.2) is 8.78 Å². The maximum atomic E-state index is 14.5. The molecule has 2 aliphatic rings. The zero-order valence-corrected chi connectivity index (χ0v) is 16.7. The van der Waals surface area contributed by atoms with Crippen LogP contribution < -0.4 is 4.74 Å². The maximum absolute atomic E-state index is 14.5. The summed E-state index contributed by atoms with van der Waals surface area (Å²) in [5.41, 5.74) is 2.07. The summed E-state index contributed by atoms with van der Waals surface area (Å²) in [5.74, 6) is -1.40. The minimum Gasteiger partial charge on any atom is -0.490 e. The molecule has 29 heavy (non-hydrogen) atoms. The number of rotatable bonds is 7. The molecule has 1 unspecified atom stereocenters. The van der Waals surface area contributed by atoms with E-state index in [1.54, 1.807) is 12.1 Å². The summed E-state index contributed by atoms with van der Waals surface area (Å²) >= 11 is 0. The van der Waals surface area contributed by atoms with E-state index in [1.807, 2.05) is 19.1 Å². The molecule has 4 rings (SSSR count). The predicted octanol–water partition coefficient (Wildman–Crippen LogP) is 6.48. The molecule has 0 N–H and O–H groups in total. The van der Waals surface area contributed by atoms with Gasteiger partial charge in [0.05, 0.1) is 13.2 Å². The van der Waals surface area contributed by atoms with Crippen LogP contribution >= 0.6 is 0 Å². The van der Waals surface area contributed by atoms with Gasteiger partial charge in [0.15, 0.2) is 11.6 Å². The molecule has 0 spiro atoms. The van der Waals surface area contributed by atoms with E-state index in [1.165, 1.54) is 6.07 Å². The van der Waals surface area contributed by atoms with Crippen LogP contribution in [0, 0.1) is 23.4 Å². The van der Waals surface area contributed by atoms with Gasteiger partial charge in [0.2, 0.25) is 5.82 Å². The summed E-state index contributed by atoms with van der Waals surface area (Å²) < 4.78 is 53.6. The fourth-order valence-corrected chi connectivity index (χ4v) is 4.31. The molecule has 1 aliphatic carbocycles. The summed E-state index contributed by atoms with van der Waals surface area (Å²) in [4.78, 5) is 0. The zero-order chi connectivity index (χ0) is 20.4. The lowest BCUT2D eigenvalue weighted by Gasteiger charge is -2.29. The molecule has 2 nitrogen and oxygen atoms in total. The second-order valence-corrected chi connectivity index (χ2v) is 8.23. The summed E-state index contributed by atoms with van der Waals surface area (Å²) in [7, 11) is 0. The van der Waals surface area contributed by atoms with Crippen molar-refractivity contribution in [1.29, 1.82) is 0 Å². The maximum Gasteiger partial charge on any atom is 0.200 e. The van der Waals surface area contributed by atoms with Gasteiger partial charge in [0.1, 0.15) is 11.9 Å². The first kappa shape index (κ1) is 20.3. The highest BCUT2D eigenvalue weighted by molar-refractivity contribution is 5.32. The van der Waals surface area contributed by atoms with Crippen LogP contribution in [-0.2, 0) is 11.2 Å². The smallest absolute Gasteiger partial charge is 0.200 e. The molecule has 1 saturated carbocycles. The third-order valence-electron chi connectivity index (χ3n) is 6.14. The Morgan fingerprint density at radius 3 is 2.41 bits per heavy atom. The lowest BCUT2D eigenvalue weighted by Crippen LogP contribution is -2.20. The largest absolute Gasteiger partial charge is 0.490 e. The Labute approximate surface area is 170 Å². The zero-order valence-electron chi connectivity index (χ0n) is 16.7. The van der Waals surface area contributed by atoms with Crippen LogP contribution in [0.25, 0.3) is 0 Å². The van der Waals surface area contributed by atoms with Crippen molar-refractivity contribution in [3.05, 3.63) is 64.5 Å². The van der Waals surface area contributed by atoms with Gasteiger partial charge in [0, 0.05) is 0 Å². The molecule has 1 aliphatic heterocycles. The normalized spacial score (nSPS) is 23.8. The Balaban J connectivity index is 1.31. The van der Waals surface area contributed by atoms with Gasteiger partial charge in [-0.05, 0) is 72.8 Å². The molecule has 2 aromatic carbocycles. The van der Waals surface area contributed by atoms with Crippen LogP contribution in [0.2, 0.25) is 0 Å². The number of aryl methyl sites for hydroxylation is 1. The van der Waals surface area contributed by atoms with E-state index in [9.17, 15) is 13.2 Å². The minimum atomic E-state index is -0.897. The van der Waals surface area contributed by atoms with Crippen molar-refractivity contribution in [3.8, 4) is 5.75 Å². The van der Waals surface area contributed by atoms with Crippen LogP contribution in [0.15, 0.2) is 30.3 Å². The van der Waals surface area contributed by atoms with Crippen molar-refractivity contribution >= 4 is 0 Å². The highest BCUT2D eigenvalue weighted by Gasteiger charge is 2.28. The molecular weight excluding hydrogens is 377 g/mol. The highest BCUT2D eigenvalue weighted by Crippen LogP contribution is 2.39. The predicted molar refractivity (Wildman–Crippen MR) is 106 cm³/mol. The van der Waals surface area contributed by atoms with E-state index in [4.69, 9.17) is 9.47 Å². The van der Waals surface area contributed by atoms with Gasteiger partial charge in [-0.1, -0.05) is 31.5 Å². The van der Waals surface area contributed by atoms with E-state index >= 15 is 0 Å². The third kappa shape index (κ3) is 4.61. The van der Waals surface area contributed by atoms with Crippen LogP contribution in [-0.4, -0.2) is 13.2 Å². The molecule has 0 bridgehead atoms. The van der Waals surface area contributed by atoms with Crippen molar-refractivity contribution in [3.63, 3.8) is 0 Å². The van der Waals surface area contributed by atoms with Crippen molar-refractivity contribution in [2.75, 3.05) is 13.2 Å². The first-order valence-corrected chi connectivity index (χ1v) is 10.6. The number of halogens is 3. The number of hydrogen-bond donors (Lipinski definition) is 0. The van der Waals surface area contributed by atoms with Crippen LogP contribution in [0.3, 0.4) is 0 Å². The molecule has 156 valence electrons. The standard InChI is InChI=1S/C24H27F3O2/c1-2-3-17-9-11-21(24(27)23(17)26)28-13-15-4-6-16(7-5-15)19-10-8-18(12-20(19)25)22-14-29-22/h8-12,15-16,22H,2-7,13-14H2,1H3. The lowest BCUT2D eigenvalue weighted by atomic mass is 9.78. The number of epoxide rings is 1. The Hall–Kier alpha value is -2.01. The van der Waals surface area contributed by atoms with Crippen LogP contribution in [0.5, 0.6) is 5.75 Å². The molecular formula is C24H27F3O2. The van der Waals surface area contributed by atoms with Gasteiger partial charge >= 0.3 is 0 Å². The second kappa shape index (κ2) is 8.78. The van der Waals surface area contributed by atoms with Crippen molar-refractivity contribution < 1.29 is 22.6 Å². The van der Waals surface area contributed by atoms with E-state index in [0.717, 1.165) is 43.2 Å². The molecule has 1 atom stereocenters. The molecule has 5 heteroatoms. The number of hydrogen-bond acceptors (Lipinski definition) is 2. The third-order valence-corrected chi connectivity index (χ3v) is 6.14. The SMILES string of the molecule is CCCc1ccc(OCC2CCC(c3ccc(C4CO4)cc3F)CC2)c(F)c1F. The molecule has 0 radical (unpaired) electrons. The second-order valence-electron chi connectivity index (χ2n) is 8.23. The van der Waals surface area contributed by atoms with Gasteiger partial charge in [0.25, 0.3) is 0 Å². The molecule has 0 aromatic heterocycles. The van der Waals surface area contributed by atoms with Crippen molar-refractivity contribution in [1.82, 2.24) is 0 Å². The molecule has 1 heterocycles. The van der Waals surface area contributed by atoms with Crippen LogP contribution in [0.1, 0.15) is 67.7 Å². The summed E-state index contributed by atoms with van der Waals surface area (Å²) in [6, 6.07) is 8.58. The summed E-state index contributed by atoms with van der Waals surface area (Å²) in [6.45, 7) is 2.96. The summed E-state index contributed by atoms with van der Waals surface area (Å²) in [6.07, 6.45) is 4.85. The minimum absolute atomic E-state index is 0.0200. The highest BCUT2D eigenvalue weighted by atomic mass is 19.2.